The van der Waals surface area contributed by atoms with Crippen molar-refractivity contribution in [1.29, 1.82) is 0 Å². The van der Waals surface area contributed by atoms with Gasteiger partial charge in [-0.15, -0.1) is 0 Å². The number of nitrogens with one attached hydrogen (secondary N) is 2. The maximum Gasteiger partial charge on any atom is 0.201 e. The number of nitrogens with two attached hydrogens (primary N) is 1. The second-order valence-corrected chi connectivity index (χ2v) is 4.97. The molecule has 4 N–H and O–H groups in total. The highest BCUT2D eigenvalue weighted by Gasteiger charge is 2.03. The Hall–Kier alpha value is -2.49. The molecular formula is C16H18N4. The van der Waals surface area contributed by atoms with Crippen molar-refractivity contribution >= 4 is 22.7 Å². The van der Waals surface area contributed by atoms with Gasteiger partial charge in [-0.1, -0.05) is 24.3 Å². The molecule has 0 fully saturated rings. The second-order valence-electron chi connectivity index (χ2n) is 4.97. The molecule has 1 aromatic heterocycles. The molecule has 0 aliphatic heterocycles. The summed E-state index contributed by atoms with van der Waals surface area (Å²) in [5, 5.41) is 3.32. The summed E-state index contributed by atoms with van der Waals surface area (Å²) in [6.07, 6.45) is 0.978. The molecule has 4 nitrogen and oxygen atoms in total. The van der Waals surface area contributed by atoms with Crippen LogP contribution >= 0.6 is 0 Å². The highest BCUT2D eigenvalue weighted by atomic mass is 15.1. The van der Waals surface area contributed by atoms with Crippen LogP contribution in [-0.4, -0.2) is 16.5 Å². The molecule has 0 saturated carbocycles. The summed E-state index contributed by atoms with van der Waals surface area (Å²) in [6.45, 7) is 2.99. The van der Waals surface area contributed by atoms with Crippen LogP contribution < -0.4 is 11.1 Å². The second kappa shape index (κ2) is 5.25. The number of benzene rings is 2. The predicted molar refractivity (Wildman–Crippen MR) is 83.9 cm³/mol. The van der Waals surface area contributed by atoms with Gasteiger partial charge in [-0.05, 0) is 42.7 Å². The van der Waals surface area contributed by atoms with Crippen LogP contribution in [0.15, 0.2) is 42.5 Å². The molecule has 0 spiro atoms. The molecule has 0 atom stereocenters. The van der Waals surface area contributed by atoms with Gasteiger partial charge in [0.05, 0.1) is 11.0 Å². The van der Waals surface area contributed by atoms with Crippen molar-refractivity contribution in [2.75, 3.05) is 17.6 Å². The van der Waals surface area contributed by atoms with Crippen LogP contribution in [-0.2, 0) is 6.42 Å². The zero-order valence-corrected chi connectivity index (χ0v) is 11.5. The van der Waals surface area contributed by atoms with Gasteiger partial charge >= 0.3 is 0 Å². The fourth-order valence-electron chi connectivity index (χ4n) is 2.32. The van der Waals surface area contributed by atoms with E-state index in [9.17, 15) is 0 Å². The van der Waals surface area contributed by atoms with Crippen LogP contribution in [0.25, 0.3) is 11.0 Å². The first-order valence-electron chi connectivity index (χ1n) is 6.76. The number of imidazole rings is 1. The molecule has 0 aliphatic rings. The van der Waals surface area contributed by atoms with Crippen molar-refractivity contribution in [3.63, 3.8) is 0 Å². The number of hydrogen-bond donors (Lipinski definition) is 3. The van der Waals surface area contributed by atoms with Gasteiger partial charge in [0.1, 0.15) is 0 Å². The Morgan fingerprint density at radius 3 is 2.90 bits per heavy atom. The zero-order valence-electron chi connectivity index (χ0n) is 11.5. The number of aryl methyl sites for hydroxylation is 1. The standard InChI is InChI=1S/C16H18N4/c1-11-4-2-3-5-12(11)8-9-18-16-19-14-7-6-13(17)10-15(14)20-16/h2-7,10H,8-9,17H2,1H3,(H2,18,19,20). The SMILES string of the molecule is Cc1ccccc1CCNc1nc2ccc(N)cc2[nH]1. The lowest BCUT2D eigenvalue weighted by molar-refractivity contribution is 0.988. The molecule has 4 heteroatoms. The van der Waals surface area contributed by atoms with Gasteiger partial charge in [0, 0.05) is 12.2 Å². The molecule has 2 aromatic carbocycles. The topological polar surface area (TPSA) is 66.7 Å². The fraction of sp³-hybridized carbons (Fsp3) is 0.188. The van der Waals surface area contributed by atoms with E-state index in [1.807, 2.05) is 18.2 Å². The monoisotopic (exact) mass is 266 g/mol. The lowest BCUT2D eigenvalue weighted by Crippen LogP contribution is -2.06. The van der Waals surface area contributed by atoms with Crippen molar-refractivity contribution in [3.05, 3.63) is 53.6 Å². The summed E-state index contributed by atoms with van der Waals surface area (Å²) >= 11 is 0. The largest absolute Gasteiger partial charge is 0.399 e. The van der Waals surface area contributed by atoms with Gasteiger partial charge in [0.15, 0.2) is 0 Å². The Balaban J connectivity index is 1.67. The van der Waals surface area contributed by atoms with Crippen LogP contribution in [0.2, 0.25) is 0 Å². The number of rotatable bonds is 4. The van der Waals surface area contributed by atoms with E-state index in [-0.39, 0.29) is 0 Å². The van der Waals surface area contributed by atoms with Crippen LogP contribution in [0.3, 0.4) is 0 Å². The lowest BCUT2D eigenvalue weighted by Gasteiger charge is -2.05. The predicted octanol–water partition coefficient (Wildman–Crippen LogP) is 3.11. The maximum atomic E-state index is 5.76. The first-order chi connectivity index (χ1) is 9.72. The average molecular weight is 266 g/mol. The molecule has 3 rings (SSSR count). The molecule has 0 bridgehead atoms. The third kappa shape index (κ3) is 2.59. The van der Waals surface area contributed by atoms with Gasteiger partial charge in [-0.3, -0.25) is 0 Å². The minimum Gasteiger partial charge on any atom is -0.399 e. The molecule has 0 amide bonds. The van der Waals surface area contributed by atoms with Gasteiger partial charge < -0.3 is 16.0 Å². The number of aromatic amines is 1. The van der Waals surface area contributed by atoms with E-state index in [1.165, 1.54) is 11.1 Å². The molecule has 0 radical (unpaired) electrons. The third-order valence-corrected chi connectivity index (χ3v) is 3.45. The van der Waals surface area contributed by atoms with Crippen molar-refractivity contribution in [3.8, 4) is 0 Å². The van der Waals surface area contributed by atoms with Crippen molar-refractivity contribution < 1.29 is 0 Å². The summed E-state index contributed by atoms with van der Waals surface area (Å²) < 4.78 is 0. The van der Waals surface area contributed by atoms with Crippen LogP contribution in [0.5, 0.6) is 0 Å². The average Bonchev–Trinajstić information content (AvgIpc) is 2.83. The summed E-state index contributed by atoms with van der Waals surface area (Å²) in [5.41, 5.74) is 11.1. The number of fused-ring (bicyclic) bond motifs is 1. The van der Waals surface area contributed by atoms with Gasteiger partial charge in [0.2, 0.25) is 5.95 Å². The van der Waals surface area contributed by atoms with E-state index in [2.05, 4.69) is 46.5 Å². The molecule has 0 unspecified atom stereocenters. The van der Waals surface area contributed by atoms with E-state index >= 15 is 0 Å². The molecule has 0 aliphatic carbocycles. The molecule has 102 valence electrons. The minimum absolute atomic E-state index is 0.743. The highest BCUT2D eigenvalue weighted by Crippen LogP contribution is 2.17. The minimum atomic E-state index is 0.743. The number of nitrogens with zero attached hydrogens (tertiary/aromatic N) is 1. The summed E-state index contributed by atoms with van der Waals surface area (Å²) in [6, 6.07) is 14.1. The van der Waals surface area contributed by atoms with Crippen LogP contribution in [0.4, 0.5) is 11.6 Å². The Morgan fingerprint density at radius 2 is 2.05 bits per heavy atom. The van der Waals surface area contributed by atoms with Crippen molar-refractivity contribution in [1.82, 2.24) is 9.97 Å². The fourth-order valence-corrected chi connectivity index (χ4v) is 2.32. The smallest absolute Gasteiger partial charge is 0.201 e. The van der Waals surface area contributed by atoms with Crippen LogP contribution in [0.1, 0.15) is 11.1 Å². The van der Waals surface area contributed by atoms with Gasteiger partial charge in [0.25, 0.3) is 0 Å². The zero-order chi connectivity index (χ0) is 13.9. The summed E-state index contributed by atoms with van der Waals surface area (Å²) in [5.74, 6) is 0.791. The van der Waals surface area contributed by atoms with E-state index < -0.39 is 0 Å². The third-order valence-electron chi connectivity index (χ3n) is 3.45. The Morgan fingerprint density at radius 1 is 1.20 bits per heavy atom. The normalized spacial score (nSPS) is 10.8. The quantitative estimate of drug-likeness (QED) is 0.636. The molecule has 0 saturated heterocycles. The van der Waals surface area contributed by atoms with E-state index in [0.29, 0.717) is 0 Å². The Kier molecular flexibility index (Phi) is 3.29. The molecule has 20 heavy (non-hydrogen) atoms. The number of anilines is 2. The van der Waals surface area contributed by atoms with E-state index in [0.717, 1.165) is 35.6 Å². The number of aromatic nitrogens is 2. The summed E-state index contributed by atoms with van der Waals surface area (Å²) in [4.78, 5) is 7.72. The maximum absolute atomic E-state index is 5.76. The molecular weight excluding hydrogens is 248 g/mol. The van der Waals surface area contributed by atoms with Gasteiger partial charge in [-0.25, -0.2) is 4.98 Å². The first-order valence-corrected chi connectivity index (χ1v) is 6.76. The van der Waals surface area contributed by atoms with Crippen molar-refractivity contribution in [2.45, 2.75) is 13.3 Å². The van der Waals surface area contributed by atoms with Gasteiger partial charge in [-0.2, -0.15) is 0 Å². The number of H-pyrrole nitrogens is 1. The summed E-state index contributed by atoms with van der Waals surface area (Å²) in [7, 11) is 0. The van der Waals surface area contributed by atoms with Crippen LogP contribution in [0, 0.1) is 6.92 Å². The Labute approximate surface area is 118 Å². The first kappa shape index (κ1) is 12.5. The number of nitrogen functional groups attached to an aromatic ring is 1. The molecule has 1 heterocycles. The van der Waals surface area contributed by atoms with Crippen molar-refractivity contribution in [2.24, 2.45) is 0 Å². The van der Waals surface area contributed by atoms with E-state index in [4.69, 9.17) is 5.73 Å². The number of hydrogen-bond acceptors (Lipinski definition) is 3. The Bertz CT molecular complexity index is 730. The highest BCUT2D eigenvalue weighted by molar-refractivity contribution is 5.80. The molecule has 3 aromatic rings. The van der Waals surface area contributed by atoms with E-state index in [1.54, 1.807) is 0 Å². The lowest BCUT2D eigenvalue weighted by atomic mass is 10.1.